The van der Waals surface area contributed by atoms with Gasteiger partial charge >= 0.3 is 11.8 Å². The third kappa shape index (κ3) is 2.74. The fraction of sp³-hybridized carbons (Fsp3) is 0.188. The molecule has 0 unspecified atom stereocenters. The van der Waals surface area contributed by atoms with Crippen molar-refractivity contribution in [2.75, 3.05) is 14.2 Å². The number of aromatic nitrogens is 3. The van der Waals surface area contributed by atoms with E-state index >= 15 is 0 Å². The van der Waals surface area contributed by atoms with Gasteiger partial charge in [-0.1, -0.05) is 11.6 Å². The van der Waals surface area contributed by atoms with Crippen molar-refractivity contribution in [3.05, 3.63) is 47.0 Å². The molecule has 0 atom stereocenters. The van der Waals surface area contributed by atoms with E-state index in [1.165, 1.54) is 25.0 Å². The molecule has 0 aliphatic carbocycles. The molecule has 1 aromatic carbocycles. The quantitative estimate of drug-likeness (QED) is 0.410. The molecular weight excluding hydrogens is 334 g/mol. The van der Waals surface area contributed by atoms with Crippen molar-refractivity contribution in [2.45, 2.75) is 6.92 Å². The standard InChI is InChI=1S/C16H14ClN3O4/c1-9-13(12(8-22-2)15(21)23-3)24-16-18-14(19-20(9)16)10-4-6-11(17)7-5-10/h4-8H,1-3H3. The zero-order valence-electron chi connectivity index (χ0n) is 13.2. The topological polar surface area (TPSA) is 78.9 Å². The Morgan fingerprint density at radius 3 is 2.58 bits per heavy atom. The Morgan fingerprint density at radius 2 is 2.00 bits per heavy atom. The molecule has 2 heterocycles. The fourth-order valence-electron chi connectivity index (χ4n) is 2.24. The maximum atomic E-state index is 11.9. The number of halogens is 1. The van der Waals surface area contributed by atoms with Crippen LogP contribution in [0.25, 0.3) is 22.8 Å². The van der Waals surface area contributed by atoms with Crippen LogP contribution in [0.5, 0.6) is 0 Å². The lowest BCUT2D eigenvalue weighted by molar-refractivity contribution is -0.133. The summed E-state index contributed by atoms with van der Waals surface area (Å²) in [6.45, 7) is 1.76. The number of esters is 1. The molecule has 0 bridgehead atoms. The molecule has 0 amide bonds. The van der Waals surface area contributed by atoms with Gasteiger partial charge < -0.3 is 13.9 Å². The molecule has 0 N–H and O–H groups in total. The molecule has 124 valence electrons. The first-order valence-electron chi connectivity index (χ1n) is 6.99. The molecule has 0 saturated carbocycles. The molecule has 0 aliphatic heterocycles. The Balaban J connectivity index is 2.07. The molecule has 0 spiro atoms. The highest BCUT2D eigenvalue weighted by Crippen LogP contribution is 2.26. The molecule has 0 saturated heterocycles. The van der Waals surface area contributed by atoms with Gasteiger partial charge in [0.1, 0.15) is 11.8 Å². The Morgan fingerprint density at radius 1 is 1.29 bits per heavy atom. The van der Waals surface area contributed by atoms with Crippen LogP contribution in [-0.4, -0.2) is 34.8 Å². The van der Waals surface area contributed by atoms with Crippen LogP contribution >= 0.6 is 11.6 Å². The van der Waals surface area contributed by atoms with Crippen molar-refractivity contribution in [1.29, 1.82) is 0 Å². The van der Waals surface area contributed by atoms with E-state index in [9.17, 15) is 4.79 Å². The number of benzene rings is 1. The van der Waals surface area contributed by atoms with E-state index < -0.39 is 5.97 Å². The summed E-state index contributed by atoms with van der Waals surface area (Å²) >= 11 is 5.88. The lowest BCUT2D eigenvalue weighted by Crippen LogP contribution is -2.05. The van der Waals surface area contributed by atoms with E-state index in [2.05, 4.69) is 10.1 Å². The molecule has 24 heavy (non-hydrogen) atoms. The summed E-state index contributed by atoms with van der Waals surface area (Å²) in [5, 5.41) is 5.04. The van der Waals surface area contributed by atoms with E-state index in [0.717, 1.165) is 5.56 Å². The summed E-state index contributed by atoms with van der Waals surface area (Å²) in [6.07, 6.45) is 1.26. The molecule has 0 radical (unpaired) electrons. The van der Waals surface area contributed by atoms with E-state index in [1.54, 1.807) is 19.1 Å². The third-order valence-corrected chi connectivity index (χ3v) is 3.66. The van der Waals surface area contributed by atoms with Crippen molar-refractivity contribution >= 4 is 29.0 Å². The van der Waals surface area contributed by atoms with Gasteiger partial charge in [0.2, 0.25) is 0 Å². The number of carbonyl (C=O) groups excluding carboxylic acids is 1. The smallest absolute Gasteiger partial charge is 0.344 e. The number of carbonyl (C=O) groups is 1. The molecule has 8 heteroatoms. The SMILES string of the molecule is COC=C(C(=O)OC)c1oc2nc(-c3ccc(Cl)cc3)nn2c1C. The number of fused-ring (bicyclic) bond motifs is 1. The number of hydrogen-bond acceptors (Lipinski definition) is 6. The average Bonchev–Trinajstić information content (AvgIpc) is 3.12. The number of ether oxygens (including phenoxy) is 2. The van der Waals surface area contributed by atoms with Gasteiger partial charge in [-0.2, -0.15) is 9.50 Å². The van der Waals surface area contributed by atoms with Crippen molar-refractivity contribution in [3.8, 4) is 11.4 Å². The van der Waals surface area contributed by atoms with Gasteiger partial charge in [0.25, 0.3) is 0 Å². The second-order valence-corrected chi connectivity index (χ2v) is 5.35. The van der Waals surface area contributed by atoms with Gasteiger partial charge in [-0.15, -0.1) is 5.10 Å². The van der Waals surface area contributed by atoms with Crippen LogP contribution < -0.4 is 0 Å². The summed E-state index contributed by atoms with van der Waals surface area (Å²) in [6, 6.07) is 7.15. The normalized spacial score (nSPS) is 11.8. The Hall–Kier alpha value is -2.80. The Kier molecular flexibility index (Phi) is 4.26. The first-order valence-corrected chi connectivity index (χ1v) is 7.36. The van der Waals surface area contributed by atoms with Gasteiger partial charge in [0.05, 0.1) is 19.9 Å². The minimum atomic E-state index is -0.574. The maximum absolute atomic E-state index is 11.9. The zero-order valence-corrected chi connectivity index (χ0v) is 14.0. The maximum Gasteiger partial charge on any atom is 0.344 e. The highest BCUT2D eigenvalue weighted by molar-refractivity contribution is 6.30. The van der Waals surface area contributed by atoms with Crippen molar-refractivity contribution in [3.63, 3.8) is 0 Å². The van der Waals surface area contributed by atoms with Crippen LogP contribution in [0.15, 0.2) is 34.9 Å². The molecule has 0 aliphatic rings. The minimum absolute atomic E-state index is 0.151. The highest BCUT2D eigenvalue weighted by atomic mass is 35.5. The van der Waals surface area contributed by atoms with Crippen molar-refractivity contribution in [1.82, 2.24) is 14.6 Å². The zero-order chi connectivity index (χ0) is 17.3. The van der Waals surface area contributed by atoms with Crippen LogP contribution in [0, 0.1) is 6.92 Å². The molecular formula is C16H14ClN3O4. The van der Waals surface area contributed by atoms with Gasteiger partial charge in [-0.25, -0.2) is 4.79 Å². The van der Waals surface area contributed by atoms with Crippen molar-refractivity contribution in [2.24, 2.45) is 0 Å². The van der Waals surface area contributed by atoms with E-state index in [4.69, 9.17) is 25.5 Å². The number of methoxy groups -OCH3 is 2. The van der Waals surface area contributed by atoms with Crippen LogP contribution in [0.2, 0.25) is 5.02 Å². The largest absolute Gasteiger partial charge is 0.503 e. The predicted octanol–water partition coefficient (Wildman–Crippen LogP) is 3.11. The van der Waals surface area contributed by atoms with Crippen LogP contribution in [-0.2, 0) is 14.3 Å². The van der Waals surface area contributed by atoms with Crippen LogP contribution in [0.1, 0.15) is 11.5 Å². The van der Waals surface area contributed by atoms with E-state index in [1.807, 2.05) is 12.1 Å². The summed E-state index contributed by atoms with van der Waals surface area (Å²) in [7, 11) is 2.72. The first kappa shape index (κ1) is 16.1. The number of oxazole rings is 1. The van der Waals surface area contributed by atoms with Crippen LogP contribution in [0.4, 0.5) is 0 Å². The Labute approximate surface area is 142 Å². The van der Waals surface area contributed by atoms with Crippen LogP contribution in [0.3, 0.4) is 0 Å². The van der Waals surface area contributed by atoms with E-state index in [-0.39, 0.29) is 11.4 Å². The monoisotopic (exact) mass is 347 g/mol. The van der Waals surface area contributed by atoms with Gasteiger partial charge in [0.15, 0.2) is 11.6 Å². The lowest BCUT2D eigenvalue weighted by atomic mass is 10.2. The summed E-state index contributed by atoms with van der Waals surface area (Å²) in [5.74, 6) is 0.477. The fourth-order valence-corrected chi connectivity index (χ4v) is 2.36. The minimum Gasteiger partial charge on any atom is -0.503 e. The molecule has 3 rings (SSSR count). The first-order chi connectivity index (χ1) is 11.5. The lowest BCUT2D eigenvalue weighted by Gasteiger charge is -2.02. The summed E-state index contributed by atoms with van der Waals surface area (Å²) in [4.78, 5) is 16.2. The molecule has 7 nitrogen and oxygen atoms in total. The van der Waals surface area contributed by atoms with Crippen molar-refractivity contribution < 1.29 is 18.7 Å². The second kappa shape index (κ2) is 6.37. The van der Waals surface area contributed by atoms with E-state index in [0.29, 0.717) is 22.3 Å². The second-order valence-electron chi connectivity index (χ2n) is 4.91. The van der Waals surface area contributed by atoms with Gasteiger partial charge in [-0.05, 0) is 31.2 Å². The van der Waals surface area contributed by atoms with Gasteiger partial charge in [0, 0.05) is 10.6 Å². The number of rotatable bonds is 4. The molecule has 0 fully saturated rings. The molecule has 3 aromatic rings. The molecule has 2 aromatic heterocycles. The number of nitrogens with zero attached hydrogens (tertiary/aromatic N) is 3. The highest BCUT2D eigenvalue weighted by Gasteiger charge is 2.24. The number of hydrogen-bond donors (Lipinski definition) is 0. The summed E-state index contributed by atoms with van der Waals surface area (Å²) in [5.41, 5.74) is 1.56. The number of aryl methyl sites for hydroxylation is 1. The predicted molar refractivity (Wildman–Crippen MR) is 87.4 cm³/mol. The van der Waals surface area contributed by atoms with Gasteiger partial charge in [-0.3, -0.25) is 0 Å². The Bertz CT molecular complexity index is 925. The summed E-state index contributed by atoms with van der Waals surface area (Å²) < 4.78 is 16.9. The average molecular weight is 348 g/mol. The third-order valence-electron chi connectivity index (χ3n) is 3.41.